The zero-order valence-corrected chi connectivity index (χ0v) is 29.0. The zero-order chi connectivity index (χ0) is 36.9. The number of halogens is 3. The number of aromatic nitrogens is 2. The smallest absolute Gasteiger partial charge is 0.511 e. The van der Waals surface area contributed by atoms with E-state index in [1.807, 2.05) is 11.6 Å². The van der Waals surface area contributed by atoms with Crippen LogP contribution in [0.2, 0.25) is 0 Å². The Balaban J connectivity index is 1.81. The molecule has 0 saturated carbocycles. The van der Waals surface area contributed by atoms with Gasteiger partial charge in [-0.05, 0) is 70.4 Å². The molecule has 18 heteroatoms. The van der Waals surface area contributed by atoms with Crippen LogP contribution < -0.4 is 4.72 Å². The summed E-state index contributed by atoms with van der Waals surface area (Å²) in [5.41, 5.74) is -0.381. The van der Waals surface area contributed by atoms with Crippen molar-refractivity contribution in [1.82, 2.24) is 19.5 Å². The maximum atomic E-state index is 13.6. The Morgan fingerprint density at radius 3 is 2.18 bits per heavy atom. The zero-order valence-electron chi connectivity index (χ0n) is 28.2. The lowest BCUT2D eigenvalue weighted by atomic mass is 10.0. The van der Waals surface area contributed by atoms with E-state index in [-0.39, 0.29) is 33.6 Å². The number of aryl methyl sites for hydroxylation is 1. The number of hydrogen-bond donors (Lipinski definition) is 1. The number of likely N-dealkylation sites (N-methyl/N-ethyl adjacent to an activating group) is 1. The predicted octanol–water partition coefficient (Wildman–Crippen LogP) is 6.12. The van der Waals surface area contributed by atoms with Crippen molar-refractivity contribution in [3.63, 3.8) is 0 Å². The van der Waals surface area contributed by atoms with Gasteiger partial charge in [-0.15, -0.1) is 5.01 Å². The normalized spacial score (nSPS) is 13.8. The molecule has 3 rings (SSSR count). The molecule has 1 N–H and O–H groups in total. The summed E-state index contributed by atoms with van der Waals surface area (Å²) in [7, 11) is -3.35. The van der Waals surface area contributed by atoms with E-state index in [1.54, 1.807) is 58.9 Å². The average molecular weight is 713 g/mol. The minimum atomic E-state index is -4.73. The number of rotatable bonds is 12. The first-order valence-electron chi connectivity index (χ1n) is 14.9. The van der Waals surface area contributed by atoms with Gasteiger partial charge in [0.25, 0.3) is 22.2 Å². The van der Waals surface area contributed by atoms with Crippen LogP contribution in [0.3, 0.4) is 0 Å². The fourth-order valence-electron chi connectivity index (χ4n) is 4.26. The summed E-state index contributed by atoms with van der Waals surface area (Å²) in [6, 6.07) is 11.0. The lowest BCUT2D eigenvalue weighted by molar-refractivity contribution is -0.712. The van der Waals surface area contributed by atoms with Crippen LogP contribution in [0.25, 0.3) is 16.9 Å². The Morgan fingerprint density at radius 1 is 1.06 bits per heavy atom. The number of hydrogen-bond acceptors (Lipinski definition) is 10. The molecular weight excluding hydrogens is 673 g/mol. The fraction of sp³-hybridized carbons (Fsp3) is 0.452. The summed E-state index contributed by atoms with van der Waals surface area (Å²) in [6.45, 7) is 11.4. The average Bonchev–Trinajstić information content (AvgIpc) is 3.44. The SMILES string of the molecule is Cc1ccc(-c2cc(C(F)(F)F)nn2-c2ccc(S(=O)(=O)NC(=O)[C@H](CC(C)C)N(C)[N+]([O-])=NOC(C)OC(=O)OC(C)(C)C)cc2)cc1. The summed E-state index contributed by atoms with van der Waals surface area (Å²) in [6.07, 6.45) is -7.14. The van der Waals surface area contributed by atoms with Gasteiger partial charge in [-0.25, -0.2) is 22.6 Å². The minimum Gasteiger partial charge on any atom is -0.569 e. The van der Waals surface area contributed by atoms with E-state index in [0.29, 0.717) is 5.56 Å². The first kappa shape index (κ1) is 38.6. The van der Waals surface area contributed by atoms with Crippen LogP contribution in [0.1, 0.15) is 59.2 Å². The molecule has 268 valence electrons. The van der Waals surface area contributed by atoms with Gasteiger partial charge >= 0.3 is 12.3 Å². The molecule has 0 bridgehead atoms. The third-order valence-electron chi connectivity index (χ3n) is 6.61. The first-order chi connectivity index (χ1) is 22.6. The third-order valence-corrected chi connectivity index (χ3v) is 7.97. The van der Waals surface area contributed by atoms with Crippen molar-refractivity contribution in [2.75, 3.05) is 7.05 Å². The van der Waals surface area contributed by atoms with E-state index in [9.17, 15) is 36.4 Å². The van der Waals surface area contributed by atoms with E-state index in [2.05, 4.69) is 10.4 Å². The van der Waals surface area contributed by atoms with Gasteiger partial charge in [-0.1, -0.05) is 43.7 Å². The monoisotopic (exact) mass is 712 g/mol. The van der Waals surface area contributed by atoms with E-state index >= 15 is 0 Å². The third kappa shape index (κ3) is 10.8. The van der Waals surface area contributed by atoms with Crippen LogP contribution in [0, 0.1) is 18.0 Å². The molecule has 0 aliphatic heterocycles. The van der Waals surface area contributed by atoms with Crippen LogP contribution in [-0.2, 0) is 35.3 Å². The summed E-state index contributed by atoms with van der Waals surface area (Å²) >= 11 is 0. The predicted molar refractivity (Wildman–Crippen MR) is 169 cm³/mol. The van der Waals surface area contributed by atoms with Crippen molar-refractivity contribution in [2.24, 2.45) is 11.2 Å². The van der Waals surface area contributed by atoms with Gasteiger partial charge in [0.15, 0.2) is 11.7 Å². The molecule has 0 spiro atoms. The van der Waals surface area contributed by atoms with Crippen molar-refractivity contribution in [3.8, 4) is 16.9 Å². The number of hydrazine groups is 1. The lowest BCUT2D eigenvalue weighted by Gasteiger charge is -2.24. The molecule has 2 aromatic carbocycles. The van der Waals surface area contributed by atoms with Crippen molar-refractivity contribution < 1.29 is 50.5 Å². The molecule has 0 radical (unpaired) electrons. The summed E-state index contributed by atoms with van der Waals surface area (Å²) in [5.74, 6) is -1.26. The molecule has 14 nitrogen and oxygen atoms in total. The van der Waals surface area contributed by atoms with E-state index in [0.717, 1.165) is 33.5 Å². The quantitative estimate of drug-likeness (QED) is 0.0759. The van der Waals surface area contributed by atoms with Crippen molar-refractivity contribution >= 4 is 22.1 Å². The maximum Gasteiger partial charge on any atom is 0.511 e. The van der Waals surface area contributed by atoms with E-state index < -0.39 is 51.9 Å². The first-order valence-corrected chi connectivity index (χ1v) is 16.4. The van der Waals surface area contributed by atoms with E-state index in [1.165, 1.54) is 26.1 Å². The largest absolute Gasteiger partial charge is 0.569 e. The minimum absolute atomic E-state index is 0.0115. The number of nitrogens with zero attached hydrogens (tertiary/aromatic N) is 5. The second-order valence-electron chi connectivity index (χ2n) is 12.5. The molecule has 3 aromatic rings. The summed E-state index contributed by atoms with van der Waals surface area (Å²) < 4.78 is 80.0. The topological polar surface area (TPSA) is 167 Å². The second-order valence-corrected chi connectivity index (χ2v) is 14.1. The Hall–Kier alpha value is -4.87. The molecule has 1 unspecified atom stereocenters. The fourth-order valence-corrected chi connectivity index (χ4v) is 5.28. The van der Waals surface area contributed by atoms with Crippen LogP contribution in [0.4, 0.5) is 18.0 Å². The van der Waals surface area contributed by atoms with Crippen molar-refractivity contribution in [2.45, 2.75) is 83.9 Å². The molecule has 1 heterocycles. The second kappa shape index (κ2) is 15.1. The number of nitrogens with one attached hydrogen (secondary N) is 1. The number of alkyl halides is 3. The molecule has 49 heavy (non-hydrogen) atoms. The Labute approximate surface area is 282 Å². The highest BCUT2D eigenvalue weighted by Gasteiger charge is 2.36. The number of amides is 1. The molecule has 0 fully saturated rings. The van der Waals surface area contributed by atoms with Crippen LogP contribution in [0.15, 0.2) is 64.8 Å². The Morgan fingerprint density at radius 2 is 1.65 bits per heavy atom. The number of carbonyl (C=O) groups excluding carboxylic acids is 2. The van der Waals surface area contributed by atoms with Crippen LogP contribution in [-0.4, -0.2) is 65.2 Å². The summed E-state index contributed by atoms with van der Waals surface area (Å²) in [5, 5.41) is 20.5. The molecule has 2 atom stereocenters. The standard InChI is InChI=1S/C31H39F3N6O8S/c1-19(2)17-26(38(8)40(43)37-48-21(4)46-29(42)47-30(5,6)7)28(41)36-49(44,45)24-15-13-23(14-16-24)39-25(18-27(35-39)31(32,33)34)22-11-9-20(3)10-12-22/h9-16,18-19,21,26H,17H2,1-8H3,(H,36,41)/t21?,26-/m0/s1. The lowest BCUT2D eigenvalue weighted by Crippen LogP contribution is -2.49. The highest BCUT2D eigenvalue weighted by atomic mass is 32.2. The molecule has 1 aromatic heterocycles. The van der Waals surface area contributed by atoms with Gasteiger partial charge in [0, 0.05) is 12.5 Å². The maximum absolute atomic E-state index is 13.6. The number of carbonyl (C=O) groups is 2. The summed E-state index contributed by atoms with van der Waals surface area (Å²) in [4.78, 5) is 29.5. The van der Waals surface area contributed by atoms with Gasteiger partial charge in [0.1, 0.15) is 5.60 Å². The highest BCUT2D eigenvalue weighted by molar-refractivity contribution is 7.90. The van der Waals surface area contributed by atoms with Crippen molar-refractivity contribution in [3.05, 3.63) is 71.1 Å². The van der Waals surface area contributed by atoms with E-state index in [4.69, 9.17) is 14.3 Å². The van der Waals surface area contributed by atoms with Gasteiger partial charge in [-0.3, -0.25) is 9.63 Å². The van der Waals surface area contributed by atoms with Gasteiger partial charge in [-0.2, -0.15) is 18.3 Å². The Bertz CT molecular complexity index is 1750. The number of benzene rings is 2. The van der Waals surface area contributed by atoms with Gasteiger partial charge in [0.05, 0.1) is 28.3 Å². The van der Waals surface area contributed by atoms with Gasteiger partial charge < -0.3 is 14.7 Å². The molecular formula is C31H39F3N6O8S. The van der Waals surface area contributed by atoms with Crippen molar-refractivity contribution in [1.29, 1.82) is 0 Å². The number of ether oxygens (including phenoxy) is 2. The molecule has 0 saturated heterocycles. The Kier molecular flexibility index (Phi) is 11.9. The molecule has 0 aliphatic carbocycles. The number of sulfonamides is 1. The van der Waals surface area contributed by atoms with Crippen LogP contribution in [0.5, 0.6) is 0 Å². The highest BCUT2D eigenvalue weighted by Crippen LogP contribution is 2.33. The van der Waals surface area contributed by atoms with Crippen LogP contribution >= 0.6 is 0 Å². The molecule has 1 amide bonds. The van der Waals surface area contributed by atoms with Gasteiger partial charge in [0.2, 0.25) is 5.28 Å². The molecule has 0 aliphatic rings.